The first-order valence-corrected chi connectivity index (χ1v) is 9.80. The third kappa shape index (κ3) is 4.03. The van der Waals surface area contributed by atoms with Crippen molar-refractivity contribution < 1.29 is 14.0 Å². The number of likely N-dealkylation sites (tertiary alicyclic amines) is 1. The van der Waals surface area contributed by atoms with Gasteiger partial charge in [0.25, 0.3) is 5.91 Å². The van der Waals surface area contributed by atoms with Gasteiger partial charge >= 0.3 is 0 Å². The number of piperidine rings is 1. The molecule has 2 aromatic carbocycles. The van der Waals surface area contributed by atoms with E-state index in [1.807, 2.05) is 30.3 Å². The van der Waals surface area contributed by atoms with E-state index in [2.05, 4.69) is 4.98 Å². The molecule has 0 aliphatic carbocycles. The van der Waals surface area contributed by atoms with Crippen LogP contribution in [0.5, 0.6) is 0 Å². The van der Waals surface area contributed by atoms with Gasteiger partial charge < -0.3 is 15.1 Å². The Morgan fingerprint density at radius 1 is 1.07 bits per heavy atom. The molecule has 1 aromatic heterocycles. The molecule has 1 fully saturated rings. The molecule has 2 N–H and O–H groups in total. The largest absolute Gasteiger partial charge is 0.436 e. The number of benzene rings is 2. The Bertz CT molecular complexity index is 1040. The number of aromatic nitrogens is 1. The van der Waals surface area contributed by atoms with Crippen LogP contribution in [0.1, 0.15) is 23.2 Å². The van der Waals surface area contributed by atoms with Crippen LogP contribution in [0, 0.1) is 5.92 Å². The van der Waals surface area contributed by atoms with E-state index in [-0.39, 0.29) is 17.7 Å². The van der Waals surface area contributed by atoms with Gasteiger partial charge in [0.05, 0.1) is 11.8 Å². The number of nitrogens with zero attached hydrogens (tertiary/aromatic N) is 2. The maximum atomic E-state index is 13.1. The molecule has 0 unspecified atom stereocenters. The fourth-order valence-electron chi connectivity index (χ4n) is 3.54. The Kier molecular flexibility index (Phi) is 5.36. The lowest BCUT2D eigenvalue weighted by Crippen LogP contribution is -2.41. The Morgan fingerprint density at radius 2 is 1.76 bits per heavy atom. The molecule has 1 saturated heterocycles. The average molecular weight is 410 g/mol. The zero-order valence-electron chi connectivity index (χ0n) is 15.7. The third-order valence-electron chi connectivity index (χ3n) is 5.21. The summed E-state index contributed by atoms with van der Waals surface area (Å²) in [5.74, 6) is 0.414. The first-order chi connectivity index (χ1) is 14.0. The van der Waals surface area contributed by atoms with Crippen molar-refractivity contribution in [2.24, 2.45) is 11.7 Å². The first kappa shape index (κ1) is 19.2. The monoisotopic (exact) mass is 409 g/mol. The van der Waals surface area contributed by atoms with Crippen LogP contribution in [0.2, 0.25) is 5.02 Å². The van der Waals surface area contributed by atoms with Crippen LogP contribution in [0.3, 0.4) is 0 Å². The predicted molar refractivity (Wildman–Crippen MR) is 110 cm³/mol. The van der Waals surface area contributed by atoms with Crippen molar-refractivity contribution in [3.8, 4) is 22.8 Å². The van der Waals surface area contributed by atoms with Crippen LogP contribution in [0.4, 0.5) is 0 Å². The number of nitrogens with two attached hydrogens (primary N) is 1. The molecule has 29 heavy (non-hydrogen) atoms. The van der Waals surface area contributed by atoms with E-state index in [9.17, 15) is 9.59 Å². The highest BCUT2D eigenvalue weighted by Crippen LogP contribution is 2.30. The van der Waals surface area contributed by atoms with Gasteiger partial charge in [-0.05, 0) is 49.2 Å². The van der Waals surface area contributed by atoms with Gasteiger partial charge in [-0.2, -0.15) is 0 Å². The van der Waals surface area contributed by atoms with Crippen LogP contribution in [0.25, 0.3) is 22.8 Å². The Hall–Kier alpha value is -3.12. The number of rotatable bonds is 4. The number of halogens is 1. The van der Waals surface area contributed by atoms with Crippen LogP contribution in [-0.2, 0) is 4.79 Å². The van der Waals surface area contributed by atoms with E-state index in [0.29, 0.717) is 53.7 Å². The van der Waals surface area contributed by atoms with Gasteiger partial charge in [0.2, 0.25) is 11.8 Å². The predicted octanol–water partition coefficient (Wildman–Crippen LogP) is 4.00. The van der Waals surface area contributed by atoms with E-state index in [4.69, 9.17) is 21.8 Å². The van der Waals surface area contributed by atoms with Gasteiger partial charge in [-0.3, -0.25) is 9.59 Å². The number of carbonyl (C=O) groups excluding carboxylic acids is 2. The first-order valence-electron chi connectivity index (χ1n) is 9.42. The summed E-state index contributed by atoms with van der Waals surface area (Å²) in [6.45, 7) is 1.00. The molecule has 0 saturated carbocycles. The van der Waals surface area contributed by atoms with E-state index in [0.717, 1.165) is 5.56 Å². The molecule has 0 spiro atoms. The minimum absolute atomic E-state index is 0.102. The van der Waals surface area contributed by atoms with Crippen LogP contribution >= 0.6 is 11.6 Å². The zero-order chi connectivity index (χ0) is 20.4. The highest BCUT2D eigenvalue weighted by molar-refractivity contribution is 6.30. The number of carbonyl (C=O) groups is 2. The molecule has 148 valence electrons. The molecule has 0 bridgehead atoms. The number of hydrogen-bond donors (Lipinski definition) is 1. The maximum Gasteiger partial charge on any atom is 0.254 e. The van der Waals surface area contributed by atoms with Crippen molar-refractivity contribution in [1.82, 2.24) is 9.88 Å². The highest BCUT2D eigenvalue weighted by Gasteiger charge is 2.28. The molecular formula is C22H20ClN3O3. The van der Waals surface area contributed by atoms with Crippen molar-refractivity contribution in [2.75, 3.05) is 13.1 Å². The standard InChI is InChI=1S/C22H20ClN3O3/c23-16-7-5-14(6-8-16)19-13-25-21(29-19)17-3-1-2-4-18(17)22(28)26-11-9-15(10-12-26)20(24)27/h1-8,13,15H,9-12H2,(H2,24,27). The quantitative estimate of drug-likeness (QED) is 0.705. The van der Waals surface area contributed by atoms with Gasteiger partial charge in [0.1, 0.15) is 0 Å². The molecule has 4 rings (SSSR count). The number of primary amides is 1. The molecule has 2 amide bonds. The molecule has 0 radical (unpaired) electrons. The SMILES string of the molecule is NC(=O)C1CCN(C(=O)c2ccccc2-c2ncc(-c3ccc(Cl)cc3)o2)CC1. The number of amides is 2. The normalized spacial score (nSPS) is 14.7. The van der Waals surface area contributed by atoms with Crippen LogP contribution in [0.15, 0.2) is 59.1 Å². The maximum absolute atomic E-state index is 13.1. The summed E-state index contributed by atoms with van der Waals surface area (Å²) < 4.78 is 5.94. The average Bonchev–Trinajstić information content (AvgIpc) is 3.24. The Morgan fingerprint density at radius 3 is 2.45 bits per heavy atom. The van der Waals surface area contributed by atoms with Crippen molar-refractivity contribution in [1.29, 1.82) is 0 Å². The molecule has 1 aliphatic rings. The Labute approximate surface area is 173 Å². The van der Waals surface area contributed by atoms with E-state index < -0.39 is 0 Å². The molecule has 6 nitrogen and oxygen atoms in total. The van der Waals surface area contributed by atoms with Gasteiger partial charge in [0.15, 0.2) is 5.76 Å². The summed E-state index contributed by atoms with van der Waals surface area (Å²) in [6, 6.07) is 14.5. The van der Waals surface area contributed by atoms with Gasteiger partial charge in [-0.1, -0.05) is 23.7 Å². The second kappa shape index (κ2) is 8.09. The van der Waals surface area contributed by atoms with Crippen molar-refractivity contribution in [3.63, 3.8) is 0 Å². The fraction of sp³-hybridized carbons (Fsp3) is 0.227. The second-order valence-electron chi connectivity index (χ2n) is 7.05. The lowest BCUT2D eigenvalue weighted by molar-refractivity contribution is -0.123. The van der Waals surface area contributed by atoms with Gasteiger partial charge in [0, 0.05) is 35.2 Å². The number of oxazole rings is 1. The fourth-order valence-corrected chi connectivity index (χ4v) is 3.67. The van der Waals surface area contributed by atoms with E-state index in [1.165, 1.54) is 0 Å². The zero-order valence-corrected chi connectivity index (χ0v) is 16.4. The van der Waals surface area contributed by atoms with E-state index in [1.54, 1.807) is 29.3 Å². The molecule has 7 heteroatoms. The molecule has 2 heterocycles. The summed E-state index contributed by atoms with van der Waals surface area (Å²) >= 11 is 5.94. The van der Waals surface area contributed by atoms with Crippen LogP contribution < -0.4 is 5.73 Å². The summed E-state index contributed by atoms with van der Waals surface area (Å²) in [4.78, 5) is 30.6. The Balaban J connectivity index is 1.58. The molecular weight excluding hydrogens is 390 g/mol. The van der Waals surface area contributed by atoms with Gasteiger partial charge in [-0.15, -0.1) is 0 Å². The minimum Gasteiger partial charge on any atom is -0.436 e. The third-order valence-corrected chi connectivity index (χ3v) is 5.46. The highest BCUT2D eigenvalue weighted by atomic mass is 35.5. The van der Waals surface area contributed by atoms with Crippen molar-refractivity contribution in [3.05, 3.63) is 65.3 Å². The lowest BCUT2D eigenvalue weighted by Gasteiger charge is -2.31. The smallest absolute Gasteiger partial charge is 0.254 e. The summed E-state index contributed by atoms with van der Waals surface area (Å²) in [5.41, 5.74) is 7.40. The summed E-state index contributed by atoms with van der Waals surface area (Å²) in [6.07, 6.45) is 2.81. The topological polar surface area (TPSA) is 89.4 Å². The van der Waals surface area contributed by atoms with Gasteiger partial charge in [-0.25, -0.2) is 4.98 Å². The second-order valence-corrected chi connectivity index (χ2v) is 7.49. The molecule has 0 atom stereocenters. The van der Waals surface area contributed by atoms with Crippen LogP contribution in [-0.4, -0.2) is 34.8 Å². The minimum atomic E-state index is -0.299. The van der Waals surface area contributed by atoms with E-state index >= 15 is 0 Å². The summed E-state index contributed by atoms with van der Waals surface area (Å²) in [7, 11) is 0. The lowest BCUT2D eigenvalue weighted by atomic mass is 9.95. The molecule has 3 aromatic rings. The molecule has 1 aliphatic heterocycles. The van der Waals surface area contributed by atoms with Crippen molar-refractivity contribution in [2.45, 2.75) is 12.8 Å². The number of hydrogen-bond acceptors (Lipinski definition) is 4. The van der Waals surface area contributed by atoms with Crippen molar-refractivity contribution >= 4 is 23.4 Å². The summed E-state index contributed by atoms with van der Waals surface area (Å²) in [5, 5.41) is 0.643.